The molecule has 1 aliphatic rings. The lowest BCUT2D eigenvalue weighted by atomic mass is 10.0. The minimum Gasteiger partial charge on any atom is -0.497 e. The first-order chi connectivity index (χ1) is 12.7. The second kappa shape index (κ2) is 9.17. The molecule has 1 unspecified atom stereocenters. The van der Waals surface area contributed by atoms with Crippen LogP contribution in [0.1, 0.15) is 23.1 Å². The summed E-state index contributed by atoms with van der Waals surface area (Å²) in [6.07, 6.45) is 0.820. The topological polar surface area (TPSA) is 35.9 Å². The summed E-state index contributed by atoms with van der Waals surface area (Å²) < 4.78 is 5.34. The fourth-order valence-electron chi connectivity index (χ4n) is 3.77. The molecule has 1 heterocycles. The Labute approximate surface area is 157 Å². The van der Waals surface area contributed by atoms with E-state index in [1.165, 1.54) is 16.7 Å². The Kier molecular flexibility index (Phi) is 6.67. The van der Waals surface area contributed by atoms with Gasteiger partial charge >= 0.3 is 0 Å². The highest BCUT2D eigenvalue weighted by atomic mass is 16.5. The molecule has 1 fully saturated rings. The SMILES string of the molecule is COc1cccc(CN2CCN(Cc3ccccc3C)C(CCO)C2)c1. The standard InChI is InChI=1S/C22H30N2O2/c1-18-6-3-4-8-20(18)16-24-12-11-23(17-21(24)10-13-25)15-19-7-5-9-22(14-19)26-2/h3-9,14,21,25H,10-13,15-17H2,1-2H3. The number of hydrogen-bond acceptors (Lipinski definition) is 4. The van der Waals surface area contributed by atoms with Gasteiger partial charge in [0.2, 0.25) is 0 Å². The summed E-state index contributed by atoms with van der Waals surface area (Å²) in [7, 11) is 1.71. The van der Waals surface area contributed by atoms with Crippen molar-refractivity contribution in [3.8, 4) is 5.75 Å². The van der Waals surface area contributed by atoms with Gasteiger partial charge in [-0.2, -0.15) is 0 Å². The van der Waals surface area contributed by atoms with Crippen LogP contribution in [-0.2, 0) is 13.1 Å². The highest BCUT2D eigenvalue weighted by Crippen LogP contribution is 2.21. The van der Waals surface area contributed by atoms with Crippen LogP contribution in [0, 0.1) is 6.92 Å². The number of aliphatic hydroxyl groups excluding tert-OH is 1. The molecule has 0 spiro atoms. The number of aliphatic hydroxyl groups is 1. The maximum Gasteiger partial charge on any atom is 0.119 e. The minimum absolute atomic E-state index is 0.238. The van der Waals surface area contributed by atoms with E-state index in [1.807, 2.05) is 12.1 Å². The Morgan fingerprint density at radius 1 is 1.08 bits per heavy atom. The lowest BCUT2D eigenvalue weighted by molar-refractivity contribution is 0.0498. The second-order valence-electron chi connectivity index (χ2n) is 7.15. The fraction of sp³-hybridized carbons (Fsp3) is 0.455. The van der Waals surface area contributed by atoms with Crippen molar-refractivity contribution in [3.63, 3.8) is 0 Å². The van der Waals surface area contributed by atoms with E-state index in [0.717, 1.165) is 44.9 Å². The van der Waals surface area contributed by atoms with Crippen LogP contribution in [0.15, 0.2) is 48.5 Å². The van der Waals surface area contributed by atoms with Crippen LogP contribution < -0.4 is 4.74 Å². The van der Waals surface area contributed by atoms with Gasteiger partial charge in [0.05, 0.1) is 7.11 Å². The van der Waals surface area contributed by atoms with E-state index in [9.17, 15) is 5.11 Å². The molecule has 0 bridgehead atoms. The predicted octanol–water partition coefficient (Wildman–Crippen LogP) is 3.07. The smallest absolute Gasteiger partial charge is 0.119 e. The molecule has 0 saturated carbocycles. The first-order valence-corrected chi connectivity index (χ1v) is 9.44. The van der Waals surface area contributed by atoms with Gasteiger partial charge in [0, 0.05) is 45.4 Å². The van der Waals surface area contributed by atoms with E-state index in [4.69, 9.17) is 4.74 Å². The van der Waals surface area contributed by atoms with Crippen molar-refractivity contribution in [1.82, 2.24) is 9.80 Å². The number of ether oxygens (including phenoxy) is 1. The van der Waals surface area contributed by atoms with Gasteiger partial charge in [0.25, 0.3) is 0 Å². The summed E-state index contributed by atoms with van der Waals surface area (Å²) in [6, 6.07) is 17.3. The van der Waals surface area contributed by atoms with Crippen LogP contribution >= 0.6 is 0 Å². The molecule has 3 rings (SSSR count). The molecule has 4 heteroatoms. The molecule has 140 valence electrons. The first kappa shape index (κ1) is 18.9. The van der Waals surface area contributed by atoms with Crippen LogP contribution in [0.5, 0.6) is 5.75 Å². The third-order valence-corrected chi connectivity index (χ3v) is 5.33. The molecule has 1 saturated heterocycles. The maximum atomic E-state index is 9.54. The third-order valence-electron chi connectivity index (χ3n) is 5.33. The molecule has 26 heavy (non-hydrogen) atoms. The van der Waals surface area contributed by atoms with Crippen LogP contribution in [0.25, 0.3) is 0 Å². The number of aryl methyl sites for hydroxylation is 1. The molecule has 0 aromatic heterocycles. The van der Waals surface area contributed by atoms with Gasteiger partial charge in [0.15, 0.2) is 0 Å². The molecule has 1 N–H and O–H groups in total. The quantitative estimate of drug-likeness (QED) is 0.829. The van der Waals surface area contributed by atoms with Crippen LogP contribution in [0.2, 0.25) is 0 Å². The zero-order chi connectivity index (χ0) is 18.4. The molecule has 0 radical (unpaired) electrons. The van der Waals surface area contributed by atoms with Gasteiger partial charge in [-0.15, -0.1) is 0 Å². The Bertz CT molecular complexity index is 704. The number of rotatable bonds is 7. The molecule has 0 amide bonds. The fourth-order valence-corrected chi connectivity index (χ4v) is 3.77. The summed E-state index contributed by atoms with van der Waals surface area (Å²) in [5.74, 6) is 0.910. The van der Waals surface area contributed by atoms with Gasteiger partial charge in [-0.3, -0.25) is 9.80 Å². The highest BCUT2D eigenvalue weighted by Gasteiger charge is 2.26. The summed E-state index contributed by atoms with van der Waals surface area (Å²) in [5.41, 5.74) is 4.00. The lowest BCUT2D eigenvalue weighted by Crippen LogP contribution is -2.52. The number of benzene rings is 2. The van der Waals surface area contributed by atoms with Crippen molar-refractivity contribution < 1.29 is 9.84 Å². The Morgan fingerprint density at radius 3 is 2.69 bits per heavy atom. The largest absolute Gasteiger partial charge is 0.497 e. The van der Waals surface area contributed by atoms with Gasteiger partial charge in [-0.1, -0.05) is 36.4 Å². The molecule has 1 atom stereocenters. The second-order valence-corrected chi connectivity index (χ2v) is 7.15. The van der Waals surface area contributed by atoms with Crippen molar-refractivity contribution in [2.24, 2.45) is 0 Å². The van der Waals surface area contributed by atoms with Gasteiger partial charge in [-0.25, -0.2) is 0 Å². The molecule has 2 aromatic carbocycles. The van der Waals surface area contributed by atoms with Gasteiger partial charge in [-0.05, 0) is 42.2 Å². The van der Waals surface area contributed by atoms with Crippen molar-refractivity contribution in [3.05, 3.63) is 65.2 Å². The van der Waals surface area contributed by atoms with Crippen molar-refractivity contribution >= 4 is 0 Å². The minimum atomic E-state index is 0.238. The van der Waals surface area contributed by atoms with Crippen LogP contribution in [0.4, 0.5) is 0 Å². The van der Waals surface area contributed by atoms with Gasteiger partial charge in [0.1, 0.15) is 5.75 Å². The Balaban J connectivity index is 1.64. The van der Waals surface area contributed by atoms with E-state index in [-0.39, 0.29) is 6.61 Å². The summed E-state index contributed by atoms with van der Waals surface area (Å²) >= 11 is 0. The summed E-state index contributed by atoms with van der Waals surface area (Å²) in [6.45, 7) is 7.37. The Hall–Kier alpha value is -1.88. The number of hydrogen-bond donors (Lipinski definition) is 1. The normalized spacial score (nSPS) is 18.8. The molecule has 0 aliphatic carbocycles. The van der Waals surface area contributed by atoms with E-state index >= 15 is 0 Å². The maximum absolute atomic E-state index is 9.54. The predicted molar refractivity (Wildman–Crippen MR) is 105 cm³/mol. The van der Waals surface area contributed by atoms with Crippen molar-refractivity contribution in [2.75, 3.05) is 33.4 Å². The molecule has 1 aliphatic heterocycles. The average molecular weight is 354 g/mol. The summed E-state index contributed by atoms with van der Waals surface area (Å²) in [4.78, 5) is 5.02. The van der Waals surface area contributed by atoms with Crippen molar-refractivity contribution in [2.45, 2.75) is 32.5 Å². The first-order valence-electron chi connectivity index (χ1n) is 9.44. The zero-order valence-corrected chi connectivity index (χ0v) is 15.9. The van der Waals surface area contributed by atoms with Crippen LogP contribution in [0.3, 0.4) is 0 Å². The summed E-state index contributed by atoms with van der Waals surface area (Å²) in [5, 5.41) is 9.54. The van der Waals surface area contributed by atoms with E-state index < -0.39 is 0 Å². The monoisotopic (exact) mass is 354 g/mol. The van der Waals surface area contributed by atoms with E-state index in [2.05, 4.69) is 53.1 Å². The number of piperazine rings is 1. The van der Waals surface area contributed by atoms with E-state index in [1.54, 1.807) is 7.11 Å². The zero-order valence-electron chi connectivity index (χ0n) is 15.9. The third kappa shape index (κ3) is 4.85. The molecular formula is C22H30N2O2. The number of methoxy groups -OCH3 is 1. The van der Waals surface area contributed by atoms with Crippen molar-refractivity contribution in [1.29, 1.82) is 0 Å². The molecular weight excluding hydrogens is 324 g/mol. The van der Waals surface area contributed by atoms with E-state index in [0.29, 0.717) is 6.04 Å². The number of nitrogens with zero attached hydrogens (tertiary/aromatic N) is 2. The Morgan fingerprint density at radius 2 is 1.92 bits per heavy atom. The van der Waals surface area contributed by atoms with Crippen LogP contribution in [-0.4, -0.2) is 54.3 Å². The molecule has 4 nitrogen and oxygen atoms in total. The average Bonchev–Trinajstić information content (AvgIpc) is 2.66. The van der Waals surface area contributed by atoms with Gasteiger partial charge < -0.3 is 9.84 Å². The highest BCUT2D eigenvalue weighted by molar-refractivity contribution is 5.28. The molecule has 2 aromatic rings. The lowest BCUT2D eigenvalue weighted by Gasteiger charge is -2.41.